The SMILES string of the molecule is COc1cc(N2CCCC2)c(OC)cc1/C=N\NC(=O)c1ccc(Cl)cc1Cl. The van der Waals surface area contributed by atoms with Gasteiger partial charge < -0.3 is 14.4 Å². The summed E-state index contributed by atoms with van der Waals surface area (Å²) in [4.78, 5) is 14.5. The molecule has 2 aromatic rings. The molecule has 148 valence electrons. The highest BCUT2D eigenvalue weighted by Gasteiger charge is 2.19. The summed E-state index contributed by atoms with van der Waals surface area (Å²) in [6.07, 6.45) is 3.83. The number of halogens is 2. The highest BCUT2D eigenvalue weighted by Crippen LogP contribution is 2.36. The molecule has 1 N–H and O–H groups in total. The number of carbonyl (C=O) groups is 1. The minimum absolute atomic E-state index is 0.259. The van der Waals surface area contributed by atoms with Crippen LogP contribution in [0.2, 0.25) is 10.0 Å². The normalized spacial score (nSPS) is 13.8. The summed E-state index contributed by atoms with van der Waals surface area (Å²) in [5.74, 6) is 0.944. The average molecular weight is 422 g/mol. The molecule has 0 radical (unpaired) electrons. The quantitative estimate of drug-likeness (QED) is 0.555. The first-order valence-corrected chi connectivity index (χ1v) is 9.58. The first-order valence-electron chi connectivity index (χ1n) is 8.83. The van der Waals surface area contributed by atoms with Gasteiger partial charge >= 0.3 is 0 Å². The Morgan fingerprint density at radius 1 is 1.11 bits per heavy atom. The zero-order valence-electron chi connectivity index (χ0n) is 15.7. The summed E-state index contributed by atoms with van der Waals surface area (Å²) in [7, 11) is 3.23. The van der Waals surface area contributed by atoms with Gasteiger partial charge in [0.25, 0.3) is 5.91 Å². The zero-order chi connectivity index (χ0) is 20.1. The molecule has 0 bridgehead atoms. The van der Waals surface area contributed by atoms with Crippen LogP contribution in [0.3, 0.4) is 0 Å². The summed E-state index contributed by atoms with van der Waals surface area (Å²) >= 11 is 11.9. The topological polar surface area (TPSA) is 63.2 Å². The molecule has 28 heavy (non-hydrogen) atoms. The van der Waals surface area contributed by atoms with Crippen LogP contribution in [-0.2, 0) is 0 Å². The molecule has 0 unspecified atom stereocenters. The molecule has 2 aromatic carbocycles. The lowest BCUT2D eigenvalue weighted by atomic mass is 10.1. The highest BCUT2D eigenvalue weighted by atomic mass is 35.5. The lowest BCUT2D eigenvalue weighted by molar-refractivity contribution is 0.0955. The largest absolute Gasteiger partial charge is 0.496 e. The molecule has 0 aromatic heterocycles. The van der Waals surface area contributed by atoms with Crippen molar-refractivity contribution in [2.75, 3.05) is 32.2 Å². The minimum Gasteiger partial charge on any atom is -0.496 e. The van der Waals surface area contributed by atoms with Gasteiger partial charge in [0.1, 0.15) is 11.5 Å². The Kier molecular flexibility index (Phi) is 6.65. The number of carbonyl (C=O) groups excluding carboxylic acids is 1. The Hall–Kier alpha value is -2.44. The number of amides is 1. The van der Waals surface area contributed by atoms with Crippen molar-refractivity contribution < 1.29 is 14.3 Å². The average Bonchev–Trinajstić information content (AvgIpc) is 3.22. The van der Waals surface area contributed by atoms with Gasteiger partial charge in [-0.2, -0.15) is 5.10 Å². The van der Waals surface area contributed by atoms with Crippen molar-refractivity contribution in [3.05, 3.63) is 51.5 Å². The number of nitrogens with zero attached hydrogens (tertiary/aromatic N) is 2. The Balaban J connectivity index is 1.79. The summed E-state index contributed by atoms with van der Waals surface area (Å²) < 4.78 is 11.0. The fourth-order valence-corrected chi connectivity index (χ4v) is 3.60. The molecule has 1 aliphatic rings. The van der Waals surface area contributed by atoms with Crippen LogP contribution in [0, 0.1) is 0 Å². The van der Waals surface area contributed by atoms with Crippen molar-refractivity contribution in [1.29, 1.82) is 0 Å². The Bertz CT molecular complexity index is 897. The Morgan fingerprint density at radius 2 is 1.82 bits per heavy atom. The van der Waals surface area contributed by atoms with Crippen molar-refractivity contribution in [1.82, 2.24) is 5.43 Å². The van der Waals surface area contributed by atoms with Crippen molar-refractivity contribution >= 4 is 41.0 Å². The third kappa shape index (κ3) is 4.51. The van der Waals surface area contributed by atoms with E-state index >= 15 is 0 Å². The van der Waals surface area contributed by atoms with E-state index in [1.54, 1.807) is 26.4 Å². The van der Waals surface area contributed by atoms with Gasteiger partial charge in [-0.05, 0) is 37.1 Å². The molecule has 1 aliphatic heterocycles. The van der Waals surface area contributed by atoms with Crippen LogP contribution in [0.15, 0.2) is 35.4 Å². The fourth-order valence-electron chi connectivity index (χ4n) is 3.11. The van der Waals surface area contributed by atoms with Crippen LogP contribution in [0.25, 0.3) is 0 Å². The van der Waals surface area contributed by atoms with Gasteiger partial charge in [0, 0.05) is 29.7 Å². The van der Waals surface area contributed by atoms with E-state index < -0.39 is 5.91 Å². The second-order valence-electron chi connectivity index (χ2n) is 6.28. The van der Waals surface area contributed by atoms with Crippen molar-refractivity contribution in [3.63, 3.8) is 0 Å². The molecular formula is C20H21Cl2N3O3. The standard InChI is InChI=1S/C20H21Cl2N3O3/c1-27-18-11-17(25-7-3-4-8-25)19(28-2)9-13(18)12-23-24-20(26)15-6-5-14(21)10-16(15)22/h5-6,9-12H,3-4,7-8H2,1-2H3,(H,24,26)/b23-12-. The number of rotatable bonds is 6. The molecule has 3 rings (SSSR count). The summed E-state index contributed by atoms with van der Waals surface area (Å²) in [6.45, 7) is 1.98. The van der Waals surface area contributed by atoms with Gasteiger partial charge in [0.2, 0.25) is 0 Å². The third-order valence-electron chi connectivity index (χ3n) is 4.52. The Labute approximate surface area is 174 Å². The molecule has 0 atom stereocenters. The van der Waals surface area contributed by atoms with Gasteiger partial charge in [-0.1, -0.05) is 23.2 Å². The van der Waals surface area contributed by atoms with Crippen molar-refractivity contribution in [3.8, 4) is 11.5 Å². The second kappa shape index (κ2) is 9.17. The van der Waals surface area contributed by atoms with E-state index in [0.717, 1.165) is 37.4 Å². The lowest BCUT2D eigenvalue weighted by Gasteiger charge is -2.22. The number of hydrazone groups is 1. The summed E-state index contributed by atoms with van der Waals surface area (Å²) in [6, 6.07) is 8.43. The number of hydrogen-bond donors (Lipinski definition) is 1. The van der Waals surface area contributed by atoms with E-state index in [2.05, 4.69) is 15.4 Å². The molecule has 6 nitrogen and oxygen atoms in total. The number of nitrogens with one attached hydrogen (secondary N) is 1. The second-order valence-corrected chi connectivity index (χ2v) is 7.13. The first-order chi connectivity index (χ1) is 13.5. The van der Waals surface area contributed by atoms with E-state index in [4.69, 9.17) is 32.7 Å². The summed E-state index contributed by atoms with van der Waals surface area (Å²) in [5.41, 5.74) is 4.43. The predicted molar refractivity (Wildman–Crippen MR) is 113 cm³/mol. The number of anilines is 1. The maximum absolute atomic E-state index is 12.3. The number of hydrogen-bond acceptors (Lipinski definition) is 5. The van der Waals surface area contributed by atoms with Crippen LogP contribution >= 0.6 is 23.2 Å². The maximum atomic E-state index is 12.3. The van der Waals surface area contributed by atoms with Crippen LogP contribution in [-0.4, -0.2) is 39.4 Å². The predicted octanol–water partition coefficient (Wildman–Crippen LogP) is 4.37. The van der Waals surface area contributed by atoms with E-state index in [9.17, 15) is 4.79 Å². The molecule has 0 aliphatic carbocycles. The third-order valence-corrected chi connectivity index (χ3v) is 5.07. The van der Waals surface area contributed by atoms with E-state index in [1.165, 1.54) is 12.3 Å². The first kappa shape index (κ1) is 20.3. The smallest absolute Gasteiger partial charge is 0.272 e. The zero-order valence-corrected chi connectivity index (χ0v) is 17.2. The number of methoxy groups -OCH3 is 2. The Morgan fingerprint density at radius 3 is 2.46 bits per heavy atom. The maximum Gasteiger partial charge on any atom is 0.272 e. The van der Waals surface area contributed by atoms with Crippen LogP contribution < -0.4 is 19.8 Å². The van der Waals surface area contributed by atoms with Gasteiger partial charge in [-0.25, -0.2) is 5.43 Å². The molecule has 1 heterocycles. The van der Waals surface area contributed by atoms with Crippen molar-refractivity contribution in [2.45, 2.75) is 12.8 Å². The minimum atomic E-state index is -0.433. The number of ether oxygens (including phenoxy) is 2. The fraction of sp³-hybridized carbons (Fsp3) is 0.300. The van der Waals surface area contributed by atoms with Gasteiger partial charge in [0.15, 0.2) is 0 Å². The molecule has 1 saturated heterocycles. The highest BCUT2D eigenvalue weighted by molar-refractivity contribution is 6.36. The van der Waals surface area contributed by atoms with Crippen LogP contribution in [0.1, 0.15) is 28.8 Å². The van der Waals surface area contributed by atoms with Crippen LogP contribution in [0.4, 0.5) is 5.69 Å². The van der Waals surface area contributed by atoms with E-state index in [-0.39, 0.29) is 10.6 Å². The van der Waals surface area contributed by atoms with Gasteiger partial charge in [-0.3, -0.25) is 4.79 Å². The lowest BCUT2D eigenvalue weighted by Crippen LogP contribution is -2.19. The number of benzene rings is 2. The summed E-state index contributed by atoms with van der Waals surface area (Å²) in [5, 5.41) is 4.74. The molecule has 1 fully saturated rings. The molecule has 8 heteroatoms. The molecular weight excluding hydrogens is 401 g/mol. The van der Waals surface area contributed by atoms with Gasteiger partial charge in [-0.15, -0.1) is 0 Å². The van der Waals surface area contributed by atoms with Gasteiger partial charge in [0.05, 0.1) is 36.7 Å². The van der Waals surface area contributed by atoms with E-state index in [1.807, 2.05) is 12.1 Å². The molecule has 1 amide bonds. The van der Waals surface area contributed by atoms with E-state index in [0.29, 0.717) is 16.3 Å². The van der Waals surface area contributed by atoms with Crippen LogP contribution in [0.5, 0.6) is 11.5 Å². The monoisotopic (exact) mass is 421 g/mol. The molecule has 0 spiro atoms. The molecule has 0 saturated carbocycles. The van der Waals surface area contributed by atoms with Crippen molar-refractivity contribution in [2.24, 2.45) is 5.10 Å².